The number of rotatable bonds is 12. The van der Waals surface area contributed by atoms with Gasteiger partial charge >= 0.3 is 0 Å². The van der Waals surface area contributed by atoms with Gasteiger partial charge in [0.05, 0.1) is 10.6 Å². The summed E-state index contributed by atoms with van der Waals surface area (Å²) in [6.45, 7) is 7.59. The van der Waals surface area contributed by atoms with E-state index in [1.165, 1.54) is 4.90 Å². The highest BCUT2D eigenvalue weighted by Crippen LogP contribution is 2.27. The molecule has 4 aromatic carbocycles. The van der Waals surface area contributed by atoms with Crippen molar-refractivity contribution in [1.82, 2.24) is 10.2 Å². The maximum Gasteiger partial charge on any atom is 0.264 e. The summed E-state index contributed by atoms with van der Waals surface area (Å²) in [5, 5.41) is 2.88. The molecule has 1 N–H and O–H groups in total. The molecule has 4 rings (SSSR count). The highest BCUT2D eigenvalue weighted by molar-refractivity contribution is 9.10. The van der Waals surface area contributed by atoms with Gasteiger partial charge in [0.1, 0.15) is 12.6 Å². The molecule has 0 aliphatic carbocycles. The molecule has 230 valence electrons. The van der Waals surface area contributed by atoms with Crippen LogP contribution in [0.3, 0.4) is 0 Å². The highest BCUT2D eigenvalue weighted by Gasteiger charge is 2.34. The van der Waals surface area contributed by atoms with Crippen molar-refractivity contribution in [2.24, 2.45) is 0 Å². The summed E-state index contributed by atoms with van der Waals surface area (Å²) in [5.41, 5.74) is 4.89. The molecule has 0 radical (unpaired) electrons. The van der Waals surface area contributed by atoms with Gasteiger partial charge in [0.25, 0.3) is 10.0 Å². The second-order valence-electron chi connectivity index (χ2n) is 10.8. The van der Waals surface area contributed by atoms with Crippen molar-refractivity contribution in [3.05, 3.63) is 129 Å². The van der Waals surface area contributed by atoms with Gasteiger partial charge in [-0.1, -0.05) is 82.2 Å². The minimum atomic E-state index is -4.14. The lowest BCUT2D eigenvalue weighted by molar-refractivity contribution is -0.140. The number of nitrogens with one attached hydrogen (secondary N) is 1. The van der Waals surface area contributed by atoms with E-state index in [2.05, 4.69) is 21.2 Å². The number of anilines is 1. The molecule has 0 spiro atoms. The van der Waals surface area contributed by atoms with Crippen LogP contribution in [0.5, 0.6) is 0 Å². The second-order valence-corrected chi connectivity index (χ2v) is 13.6. The second kappa shape index (κ2) is 14.7. The van der Waals surface area contributed by atoms with Gasteiger partial charge in [-0.3, -0.25) is 13.9 Å². The molecule has 0 aliphatic heterocycles. The maximum atomic E-state index is 14.5. The first-order valence-electron chi connectivity index (χ1n) is 14.5. The van der Waals surface area contributed by atoms with E-state index < -0.39 is 28.5 Å². The predicted molar refractivity (Wildman–Crippen MR) is 179 cm³/mol. The fourth-order valence-corrected chi connectivity index (χ4v) is 6.55. The molecule has 0 saturated heterocycles. The molecule has 9 heteroatoms. The summed E-state index contributed by atoms with van der Waals surface area (Å²) >= 11 is 3.46. The van der Waals surface area contributed by atoms with Gasteiger partial charge in [-0.2, -0.15) is 0 Å². The summed E-state index contributed by atoms with van der Waals surface area (Å²) in [7, 11) is -4.14. The third-order valence-electron chi connectivity index (χ3n) is 7.55. The smallest absolute Gasteiger partial charge is 0.264 e. The van der Waals surface area contributed by atoms with Crippen molar-refractivity contribution in [1.29, 1.82) is 0 Å². The third kappa shape index (κ3) is 8.15. The van der Waals surface area contributed by atoms with Crippen LogP contribution in [0.2, 0.25) is 0 Å². The molecule has 2 amide bonds. The Labute approximate surface area is 269 Å². The molecule has 0 aliphatic rings. The molecular weight excluding hydrogens is 638 g/mol. The van der Waals surface area contributed by atoms with E-state index in [9.17, 15) is 18.0 Å². The zero-order valence-corrected chi connectivity index (χ0v) is 27.9. The normalized spacial score (nSPS) is 11.9. The Morgan fingerprint density at radius 1 is 0.818 bits per heavy atom. The zero-order chi connectivity index (χ0) is 31.9. The van der Waals surface area contributed by atoms with Crippen LogP contribution in [0, 0.1) is 20.8 Å². The number of amides is 2. The number of sulfonamides is 1. The Balaban J connectivity index is 1.81. The predicted octanol–water partition coefficient (Wildman–Crippen LogP) is 6.35. The Morgan fingerprint density at radius 2 is 1.48 bits per heavy atom. The Bertz CT molecular complexity index is 1690. The van der Waals surface area contributed by atoms with Crippen LogP contribution < -0.4 is 9.62 Å². The van der Waals surface area contributed by atoms with Gasteiger partial charge in [0, 0.05) is 24.0 Å². The first-order chi connectivity index (χ1) is 21.0. The first kappa shape index (κ1) is 33.0. The zero-order valence-electron chi connectivity index (χ0n) is 25.5. The number of hydrogen-bond donors (Lipinski definition) is 1. The topological polar surface area (TPSA) is 86.8 Å². The van der Waals surface area contributed by atoms with Crippen molar-refractivity contribution in [2.75, 3.05) is 17.4 Å². The van der Waals surface area contributed by atoms with Crippen molar-refractivity contribution in [2.45, 2.75) is 51.6 Å². The minimum absolute atomic E-state index is 0.0816. The van der Waals surface area contributed by atoms with Gasteiger partial charge in [0.15, 0.2) is 0 Å². The van der Waals surface area contributed by atoms with E-state index in [1.807, 2.05) is 88.4 Å². The SMILES string of the molecule is CCNC(=O)[C@H](Cc1ccccc1)N(Cc1ccc(Br)cc1)C(=O)CN(c1ccc(C)c(C)c1)S(=O)(=O)c1ccc(C)cc1. The van der Waals surface area contributed by atoms with Crippen LogP contribution in [0.4, 0.5) is 5.69 Å². The van der Waals surface area contributed by atoms with E-state index in [-0.39, 0.29) is 23.8 Å². The minimum Gasteiger partial charge on any atom is -0.355 e. The van der Waals surface area contributed by atoms with Crippen LogP contribution in [0.15, 0.2) is 106 Å². The van der Waals surface area contributed by atoms with Crippen LogP contribution >= 0.6 is 15.9 Å². The van der Waals surface area contributed by atoms with Crippen molar-refractivity contribution in [3.63, 3.8) is 0 Å². The number of halogens is 1. The molecule has 0 aromatic heterocycles. The summed E-state index contributed by atoms with van der Waals surface area (Å²) in [4.78, 5) is 29.6. The average Bonchev–Trinajstić information content (AvgIpc) is 3.00. The summed E-state index contributed by atoms with van der Waals surface area (Å²) in [6.07, 6.45) is 0.267. The van der Waals surface area contributed by atoms with Crippen LogP contribution in [0.1, 0.15) is 34.7 Å². The van der Waals surface area contributed by atoms with Crippen LogP contribution in [0.25, 0.3) is 0 Å². The highest BCUT2D eigenvalue weighted by atomic mass is 79.9. The average molecular weight is 677 g/mol. The molecule has 0 bridgehead atoms. The number of carbonyl (C=O) groups is 2. The molecule has 0 fully saturated rings. The monoisotopic (exact) mass is 675 g/mol. The molecule has 0 heterocycles. The number of nitrogens with zero attached hydrogens (tertiary/aromatic N) is 2. The fourth-order valence-electron chi connectivity index (χ4n) is 4.88. The molecule has 44 heavy (non-hydrogen) atoms. The van der Waals surface area contributed by atoms with Crippen molar-refractivity contribution >= 4 is 43.5 Å². The molecular formula is C35H38BrN3O4S. The first-order valence-corrected chi connectivity index (χ1v) is 16.7. The maximum absolute atomic E-state index is 14.5. The van der Waals surface area contributed by atoms with Crippen molar-refractivity contribution in [3.8, 4) is 0 Å². The quantitative estimate of drug-likeness (QED) is 0.190. The standard InChI is InChI=1S/C35H38BrN3O4S/c1-5-37-35(41)33(22-28-9-7-6-8-10-28)38(23-29-14-16-30(36)17-15-29)34(40)24-39(31-18-13-26(3)27(4)21-31)44(42,43)32-19-11-25(2)12-20-32/h6-21,33H,5,22-24H2,1-4H3,(H,37,41)/t33-/m0/s1. The van der Waals surface area contributed by atoms with E-state index in [4.69, 9.17) is 0 Å². The van der Waals surface area contributed by atoms with Gasteiger partial charge in [-0.05, 0) is 86.3 Å². The Hall–Kier alpha value is -3.95. The summed E-state index contributed by atoms with van der Waals surface area (Å²) in [5.74, 6) is -0.796. The summed E-state index contributed by atoms with van der Waals surface area (Å²) in [6, 6.07) is 28.0. The van der Waals surface area contributed by atoms with Crippen molar-refractivity contribution < 1.29 is 18.0 Å². The third-order valence-corrected chi connectivity index (χ3v) is 9.87. The molecule has 7 nitrogen and oxygen atoms in total. The number of aryl methyl sites for hydroxylation is 3. The largest absolute Gasteiger partial charge is 0.355 e. The lowest BCUT2D eigenvalue weighted by Gasteiger charge is -2.34. The van der Waals surface area contributed by atoms with E-state index in [0.29, 0.717) is 12.2 Å². The van der Waals surface area contributed by atoms with Gasteiger partial charge in [-0.15, -0.1) is 0 Å². The van der Waals surface area contributed by atoms with Gasteiger partial charge in [0.2, 0.25) is 11.8 Å². The molecule has 1 atom stereocenters. The molecule has 0 saturated carbocycles. The van der Waals surface area contributed by atoms with Gasteiger partial charge in [-0.25, -0.2) is 8.42 Å². The van der Waals surface area contributed by atoms with Crippen LogP contribution in [-0.2, 0) is 32.6 Å². The number of hydrogen-bond acceptors (Lipinski definition) is 4. The lowest BCUT2D eigenvalue weighted by atomic mass is 10.0. The Morgan fingerprint density at radius 3 is 2.09 bits per heavy atom. The van der Waals surface area contributed by atoms with E-state index >= 15 is 0 Å². The van der Waals surface area contributed by atoms with Gasteiger partial charge < -0.3 is 10.2 Å². The molecule has 4 aromatic rings. The summed E-state index contributed by atoms with van der Waals surface area (Å²) < 4.78 is 30.4. The lowest BCUT2D eigenvalue weighted by Crippen LogP contribution is -2.53. The Kier molecular flexibility index (Phi) is 11.0. The number of likely N-dealkylation sites (N-methyl/N-ethyl adjacent to an activating group) is 1. The molecule has 0 unspecified atom stereocenters. The fraction of sp³-hybridized carbons (Fsp3) is 0.257. The number of benzene rings is 4. The number of carbonyl (C=O) groups excluding carboxylic acids is 2. The van der Waals surface area contributed by atoms with E-state index in [1.54, 1.807) is 36.4 Å². The van der Waals surface area contributed by atoms with Crippen LogP contribution in [-0.4, -0.2) is 44.3 Å². The van der Waals surface area contributed by atoms with E-state index in [0.717, 1.165) is 36.6 Å².